The highest BCUT2D eigenvalue weighted by Gasteiger charge is 2.27. The topological polar surface area (TPSA) is 63.4 Å². The average Bonchev–Trinajstić information content (AvgIpc) is 2.19. The SMILES string of the molecule is CCC(C(=O)N1CCS(=O)CC1)C(N)=S. The molecule has 0 aromatic rings. The number of nitrogens with zero attached hydrogens (tertiary/aromatic N) is 1. The van der Waals surface area contributed by atoms with Gasteiger partial charge in [-0.25, -0.2) is 0 Å². The number of hydrogen-bond acceptors (Lipinski definition) is 3. The minimum absolute atomic E-state index is 0.0123. The minimum Gasteiger partial charge on any atom is -0.393 e. The summed E-state index contributed by atoms with van der Waals surface area (Å²) in [5.41, 5.74) is 5.51. The number of rotatable bonds is 3. The Morgan fingerprint density at radius 3 is 2.47 bits per heavy atom. The lowest BCUT2D eigenvalue weighted by Crippen LogP contribution is -2.47. The van der Waals surface area contributed by atoms with Gasteiger partial charge in [0.15, 0.2) is 0 Å². The Hall–Kier alpha value is -0.490. The van der Waals surface area contributed by atoms with Crippen molar-refractivity contribution in [3.8, 4) is 0 Å². The van der Waals surface area contributed by atoms with Crippen LogP contribution in [0, 0.1) is 5.92 Å². The second-order valence-electron chi connectivity index (χ2n) is 3.54. The molecule has 0 spiro atoms. The maximum absolute atomic E-state index is 11.9. The molecule has 1 rings (SSSR count). The molecule has 1 unspecified atom stereocenters. The molecule has 2 N–H and O–H groups in total. The highest BCUT2D eigenvalue weighted by molar-refractivity contribution is 7.85. The zero-order valence-electron chi connectivity index (χ0n) is 8.77. The lowest BCUT2D eigenvalue weighted by molar-refractivity contribution is -0.133. The average molecular weight is 248 g/mol. The molecule has 0 aromatic heterocycles. The first-order valence-electron chi connectivity index (χ1n) is 4.99. The normalized spacial score (nSPS) is 19.9. The first-order valence-corrected chi connectivity index (χ1v) is 6.89. The van der Waals surface area contributed by atoms with Gasteiger partial charge in [-0.2, -0.15) is 0 Å². The third-order valence-electron chi connectivity index (χ3n) is 2.54. The fraction of sp³-hybridized carbons (Fsp3) is 0.778. The van der Waals surface area contributed by atoms with Crippen molar-refractivity contribution in [1.82, 2.24) is 4.90 Å². The van der Waals surface area contributed by atoms with Crippen LogP contribution in [-0.4, -0.2) is 44.6 Å². The predicted octanol–water partition coefficient (Wildman–Crippen LogP) is -0.110. The van der Waals surface area contributed by atoms with Gasteiger partial charge in [0.05, 0.1) is 10.9 Å². The van der Waals surface area contributed by atoms with Crippen LogP contribution in [-0.2, 0) is 15.6 Å². The van der Waals surface area contributed by atoms with E-state index >= 15 is 0 Å². The highest BCUT2D eigenvalue weighted by Crippen LogP contribution is 2.11. The maximum Gasteiger partial charge on any atom is 0.232 e. The van der Waals surface area contributed by atoms with Crippen molar-refractivity contribution in [3.63, 3.8) is 0 Å². The monoisotopic (exact) mass is 248 g/mol. The van der Waals surface area contributed by atoms with Crippen LogP contribution in [0.25, 0.3) is 0 Å². The lowest BCUT2D eigenvalue weighted by atomic mass is 10.1. The van der Waals surface area contributed by atoms with E-state index in [-0.39, 0.29) is 16.8 Å². The van der Waals surface area contributed by atoms with Crippen LogP contribution in [0.1, 0.15) is 13.3 Å². The summed E-state index contributed by atoms with van der Waals surface area (Å²) in [6, 6.07) is 0. The summed E-state index contributed by atoms with van der Waals surface area (Å²) in [5.74, 6) is 0.771. The maximum atomic E-state index is 11.9. The smallest absolute Gasteiger partial charge is 0.232 e. The van der Waals surface area contributed by atoms with E-state index in [1.807, 2.05) is 6.92 Å². The van der Waals surface area contributed by atoms with Gasteiger partial charge in [0.2, 0.25) is 5.91 Å². The Bertz CT molecular complexity index is 284. The molecule has 0 radical (unpaired) electrons. The molecule has 15 heavy (non-hydrogen) atoms. The Balaban J connectivity index is 2.59. The molecular weight excluding hydrogens is 232 g/mol. The number of carbonyl (C=O) groups excluding carboxylic acids is 1. The van der Waals surface area contributed by atoms with Crippen molar-refractivity contribution in [1.29, 1.82) is 0 Å². The van der Waals surface area contributed by atoms with Crippen LogP contribution >= 0.6 is 12.2 Å². The van der Waals surface area contributed by atoms with Gasteiger partial charge < -0.3 is 10.6 Å². The zero-order valence-corrected chi connectivity index (χ0v) is 10.4. The van der Waals surface area contributed by atoms with Crippen LogP contribution in [0.15, 0.2) is 0 Å². The van der Waals surface area contributed by atoms with Crippen LogP contribution in [0.5, 0.6) is 0 Å². The summed E-state index contributed by atoms with van der Waals surface area (Å²) in [6.45, 7) is 3.01. The van der Waals surface area contributed by atoms with Gasteiger partial charge in [-0.3, -0.25) is 9.00 Å². The number of hydrogen-bond donors (Lipinski definition) is 1. The van der Waals surface area contributed by atoms with Crippen molar-refractivity contribution in [2.24, 2.45) is 11.7 Å². The number of nitrogens with two attached hydrogens (primary N) is 1. The summed E-state index contributed by atoms with van der Waals surface area (Å²) < 4.78 is 11.1. The van der Waals surface area contributed by atoms with Gasteiger partial charge in [-0.05, 0) is 6.42 Å². The van der Waals surface area contributed by atoms with E-state index in [0.29, 0.717) is 31.0 Å². The number of thiocarbonyl (C=S) groups is 1. The quantitative estimate of drug-likeness (QED) is 0.708. The molecule has 1 atom stereocenters. The van der Waals surface area contributed by atoms with E-state index in [0.717, 1.165) is 0 Å². The molecule has 0 aliphatic carbocycles. The van der Waals surface area contributed by atoms with E-state index in [1.165, 1.54) is 0 Å². The summed E-state index contributed by atoms with van der Waals surface area (Å²) in [7, 11) is -0.761. The second-order valence-corrected chi connectivity index (χ2v) is 5.70. The molecular formula is C9H16N2O2S2. The molecule has 6 heteroatoms. The Kier molecular flexibility index (Phi) is 4.66. The Morgan fingerprint density at radius 2 is 2.07 bits per heavy atom. The van der Waals surface area contributed by atoms with E-state index in [2.05, 4.69) is 0 Å². The second kappa shape index (κ2) is 5.55. The fourth-order valence-corrected chi connectivity index (χ4v) is 2.90. The summed E-state index contributed by atoms with van der Waals surface area (Å²) in [5, 5.41) is 0. The molecule has 1 fully saturated rings. The first kappa shape index (κ1) is 12.6. The van der Waals surface area contributed by atoms with Crippen LogP contribution < -0.4 is 5.73 Å². The molecule has 1 aliphatic rings. The van der Waals surface area contributed by atoms with E-state index < -0.39 is 10.8 Å². The minimum atomic E-state index is -0.761. The van der Waals surface area contributed by atoms with Crippen molar-refractivity contribution in [2.45, 2.75) is 13.3 Å². The molecule has 0 saturated carbocycles. The van der Waals surface area contributed by atoms with E-state index in [9.17, 15) is 9.00 Å². The third-order valence-corrected chi connectivity index (χ3v) is 4.10. The summed E-state index contributed by atoms with van der Waals surface area (Å²) in [6.07, 6.45) is 0.633. The van der Waals surface area contributed by atoms with Crippen molar-refractivity contribution in [3.05, 3.63) is 0 Å². The van der Waals surface area contributed by atoms with Gasteiger partial charge in [-0.15, -0.1) is 0 Å². The van der Waals surface area contributed by atoms with Gasteiger partial charge in [-0.1, -0.05) is 19.1 Å². The van der Waals surface area contributed by atoms with Crippen LogP contribution in [0.4, 0.5) is 0 Å². The number of amides is 1. The fourth-order valence-electron chi connectivity index (χ4n) is 1.58. The molecule has 1 amide bonds. The Labute approximate surface area is 97.6 Å². The molecule has 86 valence electrons. The molecule has 1 heterocycles. The van der Waals surface area contributed by atoms with Crippen molar-refractivity contribution in [2.75, 3.05) is 24.6 Å². The standard InChI is InChI=1S/C9H16N2O2S2/c1-2-7(8(10)14)9(12)11-3-5-15(13)6-4-11/h7H,2-6H2,1H3,(H2,10,14). The predicted molar refractivity (Wildman–Crippen MR) is 65.0 cm³/mol. The summed E-state index contributed by atoms with van der Waals surface area (Å²) in [4.78, 5) is 13.9. The third kappa shape index (κ3) is 3.24. The lowest BCUT2D eigenvalue weighted by Gasteiger charge is -2.29. The van der Waals surface area contributed by atoms with E-state index in [4.69, 9.17) is 18.0 Å². The number of carbonyl (C=O) groups is 1. The van der Waals surface area contributed by atoms with Gasteiger partial charge in [0.25, 0.3) is 0 Å². The molecule has 0 aromatic carbocycles. The molecule has 4 nitrogen and oxygen atoms in total. The molecule has 1 aliphatic heterocycles. The highest BCUT2D eigenvalue weighted by atomic mass is 32.2. The largest absolute Gasteiger partial charge is 0.393 e. The molecule has 0 bridgehead atoms. The van der Waals surface area contributed by atoms with Crippen molar-refractivity contribution < 1.29 is 9.00 Å². The first-order chi connectivity index (χ1) is 7.06. The van der Waals surface area contributed by atoms with Crippen molar-refractivity contribution >= 4 is 33.9 Å². The van der Waals surface area contributed by atoms with Crippen LogP contribution in [0.3, 0.4) is 0 Å². The van der Waals surface area contributed by atoms with E-state index in [1.54, 1.807) is 4.90 Å². The Morgan fingerprint density at radius 1 is 1.53 bits per heavy atom. The molecule has 1 saturated heterocycles. The van der Waals surface area contributed by atoms with Gasteiger partial charge >= 0.3 is 0 Å². The van der Waals surface area contributed by atoms with Crippen LogP contribution in [0.2, 0.25) is 0 Å². The van der Waals surface area contributed by atoms with Gasteiger partial charge in [0, 0.05) is 35.4 Å². The van der Waals surface area contributed by atoms with Gasteiger partial charge in [0.1, 0.15) is 0 Å². The summed E-state index contributed by atoms with van der Waals surface area (Å²) >= 11 is 4.86. The zero-order chi connectivity index (χ0) is 11.4.